The Balaban J connectivity index is 1.68. The Morgan fingerprint density at radius 1 is 0.971 bits per heavy atom. The minimum absolute atomic E-state index is 0.113. The second kappa shape index (κ2) is 9.93. The van der Waals surface area contributed by atoms with Gasteiger partial charge in [0.25, 0.3) is 10.0 Å². The van der Waals surface area contributed by atoms with Crippen molar-refractivity contribution in [2.45, 2.75) is 18.7 Å². The number of hydrogen-bond donors (Lipinski definition) is 1. The summed E-state index contributed by atoms with van der Waals surface area (Å²) < 4.78 is 34.1. The highest BCUT2D eigenvalue weighted by molar-refractivity contribution is 7.93. The van der Waals surface area contributed by atoms with E-state index in [-0.39, 0.29) is 10.7 Å². The molecule has 1 aromatic heterocycles. The lowest BCUT2D eigenvalue weighted by Gasteiger charge is -2.24. The molecule has 4 aromatic rings. The van der Waals surface area contributed by atoms with Crippen LogP contribution in [0.1, 0.15) is 12.5 Å². The third-order valence-corrected chi connectivity index (χ3v) is 7.01. The van der Waals surface area contributed by atoms with Gasteiger partial charge in [0, 0.05) is 17.3 Å². The number of anilines is 2. The van der Waals surface area contributed by atoms with E-state index in [4.69, 9.17) is 4.74 Å². The fraction of sp³-hybridized carbons (Fsp3) is 0.154. The number of sulfonamides is 1. The zero-order chi connectivity index (χ0) is 24.1. The van der Waals surface area contributed by atoms with Crippen molar-refractivity contribution in [3.8, 4) is 5.75 Å². The number of carbonyl (C=O) groups excluding carboxylic acids is 1. The van der Waals surface area contributed by atoms with Crippen molar-refractivity contribution in [1.82, 2.24) is 4.98 Å². The minimum Gasteiger partial charge on any atom is -0.494 e. The number of carbonyl (C=O) groups is 1. The van der Waals surface area contributed by atoms with E-state index >= 15 is 0 Å². The molecule has 0 atom stereocenters. The van der Waals surface area contributed by atoms with Gasteiger partial charge in [0.15, 0.2) is 0 Å². The molecule has 7 nitrogen and oxygen atoms in total. The first-order chi connectivity index (χ1) is 16.4. The molecule has 34 heavy (non-hydrogen) atoms. The summed E-state index contributed by atoms with van der Waals surface area (Å²) in [5, 5.41) is 4.12. The third kappa shape index (κ3) is 5.02. The normalized spacial score (nSPS) is 11.2. The molecule has 1 amide bonds. The number of ether oxygens (including phenoxy) is 1. The van der Waals surface area contributed by atoms with Crippen LogP contribution in [0.3, 0.4) is 0 Å². The summed E-state index contributed by atoms with van der Waals surface area (Å²) in [6.07, 6.45) is 1.57. The number of pyridine rings is 1. The van der Waals surface area contributed by atoms with Crippen molar-refractivity contribution < 1.29 is 17.9 Å². The first-order valence-corrected chi connectivity index (χ1v) is 12.3. The SMILES string of the molecule is CCOc1ccc(NC(=O)CN(c2ccc(C)cn2)S(=O)(=O)c2cccc3ccccc23)cc1. The summed E-state index contributed by atoms with van der Waals surface area (Å²) in [7, 11) is -4.10. The van der Waals surface area contributed by atoms with E-state index in [2.05, 4.69) is 10.3 Å². The highest BCUT2D eigenvalue weighted by Crippen LogP contribution is 2.28. The van der Waals surface area contributed by atoms with Crippen LogP contribution in [0.15, 0.2) is 90.0 Å². The molecular formula is C26H25N3O4S. The number of nitrogens with zero attached hydrogens (tertiary/aromatic N) is 2. The number of nitrogens with one attached hydrogen (secondary N) is 1. The zero-order valence-corrected chi connectivity index (χ0v) is 19.7. The number of aromatic nitrogens is 1. The maximum Gasteiger partial charge on any atom is 0.266 e. The van der Waals surface area contributed by atoms with Crippen molar-refractivity contribution in [2.24, 2.45) is 0 Å². The quantitative estimate of drug-likeness (QED) is 0.396. The molecule has 0 unspecified atom stereocenters. The van der Waals surface area contributed by atoms with Crippen LogP contribution >= 0.6 is 0 Å². The van der Waals surface area contributed by atoms with Crippen LogP contribution in [-0.2, 0) is 14.8 Å². The fourth-order valence-electron chi connectivity index (χ4n) is 3.57. The zero-order valence-electron chi connectivity index (χ0n) is 18.9. The molecule has 0 fully saturated rings. The van der Waals surface area contributed by atoms with Gasteiger partial charge >= 0.3 is 0 Å². The predicted octanol–water partition coefficient (Wildman–Crippen LogP) is 4.78. The molecule has 0 saturated carbocycles. The fourth-order valence-corrected chi connectivity index (χ4v) is 5.16. The monoisotopic (exact) mass is 475 g/mol. The Labute approximate surface area is 199 Å². The van der Waals surface area contributed by atoms with Crippen LogP contribution in [-0.4, -0.2) is 32.5 Å². The molecule has 0 bridgehead atoms. The van der Waals surface area contributed by atoms with Crippen LogP contribution in [0.5, 0.6) is 5.75 Å². The van der Waals surface area contributed by atoms with E-state index < -0.39 is 22.5 Å². The molecule has 0 radical (unpaired) electrons. The molecule has 0 aliphatic rings. The molecule has 1 heterocycles. The number of amides is 1. The molecule has 1 N–H and O–H groups in total. The summed E-state index contributed by atoms with van der Waals surface area (Å²) >= 11 is 0. The van der Waals surface area contributed by atoms with Crippen LogP contribution in [0.2, 0.25) is 0 Å². The van der Waals surface area contributed by atoms with Crippen LogP contribution in [0.4, 0.5) is 11.5 Å². The topological polar surface area (TPSA) is 88.6 Å². The molecule has 3 aromatic carbocycles. The molecule has 0 saturated heterocycles. The standard InChI is InChI=1S/C26H25N3O4S/c1-3-33-22-14-12-21(13-15-22)28-26(30)18-29(25-16-11-19(2)17-27-25)34(31,32)24-10-6-8-20-7-4-5-9-23(20)24/h4-17H,3,18H2,1-2H3,(H,28,30). The van der Waals surface area contributed by atoms with E-state index in [0.29, 0.717) is 23.4 Å². The lowest BCUT2D eigenvalue weighted by molar-refractivity contribution is -0.114. The van der Waals surface area contributed by atoms with E-state index in [1.54, 1.807) is 66.9 Å². The minimum atomic E-state index is -4.10. The molecule has 0 aliphatic carbocycles. The predicted molar refractivity (Wildman–Crippen MR) is 134 cm³/mol. The number of benzene rings is 3. The second-order valence-electron chi connectivity index (χ2n) is 7.69. The van der Waals surface area contributed by atoms with E-state index in [1.165, 1.54) is 0 Å². The van der Waals surface area contributed by atoms with E-state index in [9.17, 15) is 13.2 Å². The van der Waals surface area contributed by atoms with E-state index in [1.807, 2.05) is 32.0 Å². The summed E-state index contributed by atoms with van der Waals surface area (Å²) in [6.45, 7) is 3.85. The van der Waals surface area contributed by atoms with Crippen molar-refractivity contribution in [3.05, 3.63) is 90.6 Å². The largest absolute Gasteiger partial charge is 0.494 e. The number of aryl methyl sites for hydroxylation is 1. The van der Waals surface area contributed by atoms with Crippen LogP contribution in [0, 0.1) is 6.92 Å². The Morgan fingerprint density at radius 2 is 1.71 bits per heavy atom. The van der Waals surface area contributed by atoms with Crippen LogP contribution < -0.4 is 14.4 Å². The van der Waals surface area contributed by atoms with Crippen molar-refractivity contribution in [2.75, 3.05) is 22.8 Å². The molecule has 0 spiro atoms. The Hall–Kier alpha value is -3.91. The second-order valence-corrected chi connectivity index (χ2v) is 9.52. The lowest BCUT2D eigenvalue weighted by Crippen LogP contribution is -2.38. The summed E-state index contributed by atoms with van der Waals surface area (Å²) in [5.74, 6) is 0.361. The van der Waals surface area contributed by atoms with Gasteiger partial charge in [-0.25, -0.2) is 17.7 Å². The number of fused-ring (bicyclic) bond motifs is 1. The van der Waals surface area contributed by atoms with Crippen molar-refractivity contribution >= 4 is 38.2 Å². The van der Waals surface area contributed by atoms with Gasteiger partial charge in [-0.3, -0.25) is 4.79 Å². The van der Waals surface area contributed by atoms with Crippen molar-refractivity contribution in [1.29, 1.82) is 0 Å². The highest BCUT2D eigenvalue weighted by atomic mass is 32.2. The smallest absolute Gasteiger partial charge is 0.266 e. The number of hydrogen-bond acceptors (Lipinski definition) is 5. The van der Waals surface area contributed by atoms with Gasteiger partial charge in [-0.1, -0.05) is 42.5 Å². The number of rotatable bonds is 8. The van der Waals surface area contributed by atoms with Gasteiger partial charge < -0.3 is 10.1 Å². The summed E-state index contributed by atoms with van der Waals surface area (Å²) in [6, 6.07) is 22.6. The maximum absolute atomic E-state index is 13.8. The molecule has 0 aliphatic heterocycles. The average molecular weight is 476 g/mol. The third-order valence-electron chi connectivity index (χ3n) is 5.21. The van der Waals surface area contributed by atoms with Gasteiger partial charge in [0.2, 0.25) is 5.91 Å². The van der Waals surface area contributed by atoms with Crippen LogP contribution in [0.25, 0.3) is 10.8 Å². The average Bonchev–Trinajstić information content (AvgIpc) is 2.84. The van der Waals surface area contributed by atoms with E-state index in [0.717, 1.165) is 15.3 Å². The molecule has 4 rings (SSSR count). The van der Waals surface area contributed by atoms with Gasteiger partial charge in [0.05, 0.1) is 11.5 Å². The first kappa shape index (κ1) is 23.3. The molecule has 174 valence electrons. The Morgan fingerprint density at radius 3 is 2.41 bits per heavy atom. The Kier molecular flexibility index (Phi) is 6.79. The lowest BCUT2D eigenvalue weighted by atomic mass is 10.1. The maximum atomic E-state index is 13.8. The Bertz CT molecular complexity index is 1400. The highest BCUT2D eigenvalue weighted by Gasteiger charge is 2.29. The van der Waals surface area contributed by atoms with Crippen molar-refractivity contribution in [3.63, 3.8) is 0 Å². The van der Waals surface area contributed by atoms with Gasteiger partial charge in [-0.15, -0.1) is 0 Å². The molecule has 8 heteroatoms. The summed E-state index contributed by atoms with van der Waals surface area (Å²) in [5.41, 5.74) is 1.41. The van der Waals surface area contributed by atoms with Gasteiger partial charge in [-0.05, 0) is 61.2 Å². The van der Waals surface area contributed by atoms with Gasteiger partial charge in [-0.2, -0.15) is 0 Å². The molecular weight excluding hydrogens is 450 g/mol. The summed E-state index contributed by atoms with van der Waals surface area (Å²) in [4.78, 5) is 17.3. The first-order valence-electron chi connectivity index (χ1n) is 10.8. The van der Waals surface area contributed by atoms with Gasteiger partial charge in [0.1, 0.15) is 18.1 Å².